The second kappa shape index (κ2) is 7.96. The molecule has 0 radical (unpaired) electrons. The molecule has 8 nitrogen and oxygen atoms in total. The van der Waals surface area contributed by atoms with Gasteiger partial charge in [-0.3, -0.25) is 10.2 Å². The Hall–Kier alpha value is -2.26. The molecule has 0 bridgehead atoms. The fraction of sp³-hybridized carbons (Fsp3) is 0.471. The third-order valence-corrected chi connectivity index (χ3v) is 5.29. The van der Waals surface area contributed by atoms with E-state index in [4.69, 9.17) is 14.2 Å². The number of rotatable bonds is 6. The van der Waals surface area contributed by atoms with Gasteiger partial charge in [-0.15, -0.1) is 0 Å². The summed E-state index contributed by atoms with van der Waals surface area (Å²) in [6, 6.07) is 1.50. The number of carbonyl (C=O) groups excluding carboxylic acids is 1. The van der Waals surface area contributed by atoms with E-state index in [9.17, 15) is 13.2 Å². The van der Waals surface area contributed by atoms with E-state index >= 15 is 0 Å². The molecule has 0 aliphatic carbocycles. The second-order valence-corrected chi connectivity index (χ2v) is 8.05. The molecule has 1 aromatic carbocycles. The van der Waals surface area contributed by atoms with Crippen LogP contribution < -0.4 is 25.1 Å². The summed E-state index contributed by atoms with van der Waals surface area (Å²) in [5.74, 6) is 0.595. The van der Waals surface area contributed by atoms with Crippen LogP contribution in [0.3, 0.4) is 0 Å². The van der Waals surface area contributed by atoms with E-state index in [1.807, 2.05) is 13.0 Å². The smallest absolute Gasteiger partial charge is 0.234 e. The number of sulfone groups is 1. The van der Waals surface area contributed by atoms with Gasteiger partial charge in [0.25, 0.3) is 0 Å². The molecule has 2 rings (SSSR count). The maximum absolute atomic E-state index is 12.2. The Bertz CT molecular complexity index is 819. The van der Waals surface area contributed by atoms with Gasteiger partial charge in [0, 0.05) is 24.3 Å². The molecular formula is C17H24N2O6S. The lowest BCUT2D eigenvalue weighted by Crippen LogP contribution is -2.52. The van der Waals surface area contributed by atoms with E-state index in [1.54, 1.807) is 12.1 Å². The van der Waals surface area contributed by atoms with Crippen molar-refractivity contribution in [3.05, 3.63) is 17.7 Å². The first-order valence-electron chi connectivity index (χ1n) is 7.98. The van der Waals surface area contributed by atoms with Crippen LogP contribution in [0, 0.1) is 5.92 Å². The summed E-state index contributed by atoms with van der Waals surface area (Å²) in [5.41, 5.74) is 6.13. The first-order chi connectivity index (χ1) is 12.2. The van der Waals surface area contributed by atoms with Crippen LogP contribution in [0.4, 0.5) is 0 Å². The van der Waals surface area contributed by atoms with Crippen LogP contribution in [-0.2, 0) is 14.6 Å². The monoisotopic (exact) mass is 384 g/mol. The molecule has 2 unspecified atom stereocenters. The molecule has 1 aliphatic rings. The van der Waals surface area contributed by atoms with Crippen molar-refractivity contribution in [1.29, 1.82) is 0 Å². The normalized spacial score (nSPS) is 20.7. The molecule has 2 atom stereocenters. The van der Waals surface area contributed by atoms with Gasteiger partial charge >= 0.3 is 0 Å². The number of amides is 1. The highest BCUT2D eigenvalue weighted by atomic mass is 32.2. The minimum atomic E-state index is -3.60. The Morgan fingerprint density at radius 3 is 2.31 bits per heavy atom. The first-order valence-corrected chi connectivity index (χ1v) is 9.87. The SMILES string of the molecule is COc1cc(/C=C/C2NNC(=O)CC2C)c(OC)c(OC)c1S(C)(=O)=O. The molecule has 0 spiro atoms. The zero-order chi connectivity index (χ0) is 19.5. The van der Waals surface area contributed by atoms with Gasteiger partial charge in [0.1, 0.15) is 5.75 Å². The molecule has 1 aromatic rings. The third-order valence-electron chi connectivity index (χ3n) is 4.17. The molecule has 0 aromatic heterocycles. The zero-order valence-corrected chi connectivity index (χ0v) is 16.3. The van der Waals surface area contributed by atoms with Crippen LogP contribution >= 0.6 is 0 Å². The molecule has 144 valence electrons. The van der Waals surface area contributed by atoms with Gasteiger partial charge in [0.05, 0.1) is 21.3 Å². The lowest BCUT2D eigenvalue weighted by atomic mass is 9.95. The molecule has 2 N–H and O–H groups in total. The van der Waals surface area contributed by atoms with Crippen molar-refractivity contribution in [2.45, 2.75) is 24.3 Å². The standard InChI is InChI=1S/C17H24N2O6S/c1-10-8-14(20)19-18-12(10)7-6-11-9-13(23-2)17(26(5,21)22)16(25-4)15(11)24-3/h6-7,9-10,12,18H,8H2,1-5H3,(H,19,20)/b7-6+. The molecule has 1 amide bonds. The summed E-state index contributed by atoms with van der Waals surface area (Å²) < 4.78 is 40.3. The van der Waals surface area contributed by atoms with Crippen LogP contribution in [-0.4, -0.2) is 48.0 Å². The molecule has 26 heavy (non-hydrogen) atoms. The maximum Gasteiger partial charge on any atom is 0.234 e. The van der Waals surface area contributed by atoms with Crippen LogP contribution in [0.5, 0.6) is 17.2 Å². The Balaban J connectivity index is 2.52. The van der Waals surface area contributed by atoms with Gasteiger partial charge in [0.2, 0.25) is 5.91 Å². The van der Waals surface area contributed by atoms with E-state index in [1.165, 1.54) is 21.3 Å². The number of ether oxygens (including phenoxy) is 3. The minimum absolute atomic E-state index is 0.0550. The molecule has 1 saturated heterocycles. The predicted octanol–water partition coefficient (Wildman–Crippen LogP) is 1.16. The van der Waals surface area contributed by atoms with E-state index < -0.39 is 9.84 Å². The van der Waals surface area contributed by atoms with Crippen molar-refractivity contribution < 1.29 is 27.4 Å². The van der Waals surface area contributed by atoms with Crippen molar-refractivity contribution in [2.24, 2.45) is 5.92 Å². The number of benzene rings is 1. The highest BCUT2D eigenvalue weighted by Crippen LogP contribution is 2.44. The number of hydrogen-bond acceptors (Lipinski definition) is 7. The second-order valence-electron chi connectivity index (χ2n) is 6.09. The highest BCUT2D eigenvalue weighted by Gasteiger charge is 2.27. The summed E-state index contributed by atoms with van der Waals surface area (Å²) in [5, 5.41) is 0. The minimum Gasteiger partial charge on any atom is -0.495 e. The average Bonchev–Trinajstić information content (AvgIpc) is 2.58. The number of nitrogens with one attached hydrogen (secondary N) is 2. The fourth-order valence-electron chi connectivity index (χ4n) is 2.86. The lowest BCUT2D eigenvalue weighted by Gasteiger charge is -2.27. The van der Waals surface area contributed by atoms with Gasteiger partial charge in [-0.25, -0.2) is 13.8 Å². The molecule has 9 heteroatoms. The van der Waals surface area contributed by atoms with E-state index in [0.717, 1.165) is 6.26 Å². The summed E-state index contributed by atoms with van der Waals surface area (Å²) in [6.07, 6.45) is 5.15. The quantitative estimate of drug-likeness (QED) is 0.758. The average molecular weight is 384 g/mol. The summed E-state index contributed by atoms with van der Waals surface area (Å²) in [4.78, 5) is 11.3. The van der Waals surface area contributed by atoms with Gasteiger partial charge in [0.15, 0.2) is 26.2 Å². The van der Waals surface area contributed by atoms with Crippen molar-refractivity contribution in [2.75, 3.05) is 27.6 Å². The summed E-state index contributed by atoms with van der Waals surface area (Å²) in [6.45, 7) is 1.96. The largest absolute Gasteiger partial charge is 0.495 e. The maximum atomic E-state index is 12.2. The van der Waals surface area contributed by atoms with Crippen molar-refractivity contribution >= 4 is 21.8 Å². The summed E-state index contributed by atoms with van der Waals surface area (Å²) in [7, 11) is 0.605. The lowest BCUT2D eigenvalue weighted by molar-refractivity contribution is -0.125. The number of carbonyl (C=O) groups is 1. The van der Waals surface area contributed by atoms with Crippen LogP contribution in [0.25, 0.3) is 6.08 Å². The van der Waals surface area contributed by atoms with Crippen LogP contribution in [0.15, 0.2) is 17.0 Å². The van der Waals surface area contributed by atoms with Crippen LogP contribution in [0.2, 0.25) is 0 Å². The molecule has 1 heterocycles. The third kappa shape index (κ3) is 4.10. The zero-order valence-electron chi connectivity index (χ0n) is 15.5. The van der Waals surface area contributed by atoms with Gasteiger partial charge in [-0.05, 0) is 12.0 Å². The molecule has 1 fully saturated rings. The van der Waals surface area contributed by atoms with Gasteiger partial charge in [-0.2, -0.15) is 0 Å². The number of hydrazine groups is 1. The van der Waals surface area contributed by atoms with Gasteiger partial charge in [-0.1, -0.05) is 19.1 Å². The first kappa shape index (κ1) is 20.1. The Morgan fingerprint density at radius 2 is 1.81 bits per heavy atom. The van der Waals surface area contributed by atoms with Gasteiger partial charge < -0.3 is 14.2 Å². The van der Waals surface area contributed by atoms with E-state index in [0.29, 0.717) is 12.0 Å². The highest BCUT2D eigenvalue weighted by molar-refractivity contribution is 7.91. The van der Waals surface area contributed by atoms with E-state index in [2.05, 4.69) is 10.9 Å². The topological polar surface area (TPSA) is 103 Å². The molecule has 0 saturated carbocycles. The van der Waals surface area contributed by atoms with Crippen LogP contribution in [0.1, 0.15) is 18.9 Å². The Morgan fingerprint density at radius 1 is 1.15 bits per heavy atom. The van der Waals surface area contributed by atoms with E-state index in [-0.39, 0.29) is 40.0 Å². The number of methoxy groups -OCH3 is 3. The predicted molar refractivity (Wildman–Crippen MR) is 97.1 cm³/mol. The Kier molecular flexibility index (Phi) is 6.14. The van der Waals surface area contributed by atoms with Crippen molar-refractivity contribution in [3.8, 4) is 17.2 Å². The van der Waals surface area contributed by atoms with Crippen molar-refractivity contribution in [3.63, 3.8) is 0 Å². The number of hydrogen-bond donors (Lipinski definition) is 2. The molecule has 1 aliphatic heterocycles. The Labute approximate surface area is 153 Å². The fourth-order valence-corrected chi connectivity index (χ4v) is 3.88. The molecular weight excluding hydrogens is 360 g/mol. The summed E-state index contributed by atoms with van der Waals surface area (Å²) >= 11 is 0. The van der Waals surface area contributed by atoms with Crippen molar-refractivity contribution in [1.82, 2.24) is 10.9 Å².